The molecule has 1 aliphatic heterocycles. The van der Waals surface area contributed by atoms with Crippen LogP contribution >= 0.6 is 23.2 Å². The molecular formula is C14H11Cl2NO4S. The molecule has 0 unspecified atom stereocenters. The first kappa shape index (κ1) is 15.3. The molecule has 116 valence electrons. The van der Waals surface area contributed by atoms with E-state index in [-0.39, 0.29) is 20.6 Å². The van der Waals surface area contributed by atoms with Crippen LogP contribution in [-0.2, 0) is 10.0 Å². The van der Waals surface area contributed by atoms with Crippen LogP contribution in [0.1, 0.15) is 0 Å². The monoisotopic (exact) mass is 359 g/mol. The van der Waals surface area contributed by atoms with Gasteiger partial charge < -0.3 is 9.47 Å². The molecule has 0 fully saturated rings. The molecule has 2 aromatic carbocycles. The van der Waals surface area contributed by atoms with Crippen LogP contribution in [0.25, 0.3) is 0 Å². The number of halogens is 2. The van der Waals surface area contributed by atoms with Gasteiger partial charge in [-0.2, -0.15) is 0 Å². The summed E-state index contributed by atoms with van der Waals surface area (Å²) in [6.07, 6.45) is 0. The minimum atomic E-state index is -3.85. The van der Waals surface area contributed by atoms with Gasteiger partial charge >= 0.3 is 0 Å². The summed E-state index contributed by atoms with van der Waals surface area (Å²) in [5.74, 6) is 0.903. The molecule has 3 rings (SSSR count). The van der Waals surface area contributed by atoms with Gasteiger partial charge in [0.1, 0.15) is 13.2 Å². The number of para-hydroxylation sites is 1. The van der Waals surface area contributed by atoms with Crippen molar-refractivity contribution in [2.75, 3.05) is 17.9 Å². The van der Waals surface area contributed by atoms with Crippen LogP contribution in [0.5, 0.6) is 11.5 Å². The Balaban J connectivity index is 1.96. The van der Waals surface area contributed by atoms with Crippen molar-refractivity contribution in [1.29, 1.82) is 0 Å². The van der Waals surface area contributed by atoms with E-state index in [9.17, 15) is 8.42 Å². The van der Waals surface area contributed by atoms with Gasteiger partial charge in [-0.3, -0.25) is 4.72 Å². The lowest BCUT2D eigenvalue weighted by Gasteiger charge is -2.19. The second-order valence-corrected chi connectivity index (χ2v) is 7.00. The molecule has 0 spiro atoms. The lowest BCUT2D eigenvalue weighted by Crippen LogP contribution is -2.17. The van der Waals surface area contributed by atoms with E-state index < -0.39 is 10.0 Å². The summed E-state index contributed by atoms with van der Waals surface area (Å²) in [5, 5.41) is 0.433. The lowest BCUT2D eigenvalue weighted by atomic mass is 10.3. The van der Waals surface area contributed by atoms with Crippen LogP contribution in [-0.4, -0.2) is 21.6 Å². The zero-order valence-corrected chi connectivity index (χ0v) is 13.5. The van der Waals surface area contributed by atoms with Gasteiger partial charge in [-0.1, -0.05) is 29.3 Å². The molecule has 0 amide bonds. The number of ether oxygens (including phenoxy) is 2. The van der Waals surface area contributed by atoms with Crippen molar-refractivity contribution in [2.24, 2.45) is 0 Å². The highest BCUT2D eigenvalue weighted by atomic mass is 35.5. The fourth-order valence-corrected chi connectivity index (χ4v) is 3.70. The van der Waals surface area contributed by atoms with E-state index in [0.717, 1.165) is 0 Å². The third-order valence-electron chi connectivity index (χ3n) is 3.02. The normalized spacial score (nSPS) is 13.7. The Morgan fingerprint density at radius 2 is 1.59 bits per heavy atom. The number of sulfonamides is 1. The molecule has 2 aromatic rings. The van der Waals surface area contributed by atoms with Crippen molar-refractivity contribution in [3.8, 4) is 11.5 Å². The Hall–Kier alpha value is -1.63. The fraction of sp³-hybridized carbons (Fsp3) is 0.143. The van der Waals surface area contributed by atoms with Crippen molar-refractivity contribution in [2.45, 2.75) is 4.90 Å². The van der Waals surface area contributed by atoms with Crippen molar-refractivity contribution >= 4 is 38.9 Å². The third kappa shape index (κ3) is 2.95. The van der Waals surface area contributed by atoms with Gasteiger partial charge in [0.15, 0.2) is 11.5 Å². The summed E-state index contributed by atoms with van der Waals surface area (Å²) < 4.78 is 38.1. The number of rotatable bonds is 3. The topological polar surface area (TPSA) is 64.6 Å². The summed E-state index contributed by atoms with van der Waals surface area (Å²) in [4.78, 5) is 0.0349. The Morgan fingerprint density at radius 3 is 2.27 bits per heavy atom. The Bertz CT molecular complexity index is 803. The first-order chi connectivity index (χ1) is 10.5. The van der Waals surface area contributed by atoms with Gasteiger partial charge in [-0.05, 0) is 24.3 Å². The van der Waals surface area contributed by atoms with Gasteiger partial charge in [0.05, 0.1) is 20.6 Å². The number of hydrogen-bond acceptors (Lipinski definition) is 4. The molecule has 0 bridgehead atoms. The quantitative estimate of drug-likeness (QED) is 0.909. The third-order valence-corrected chi connectivity index (χ3v) is 5.00. The maximum absolute atomic E-state index is 12.5. The molecule has 22 heavy (non-hydrogen) atoms. The van der Waals surface area contributed by atoms with E-state index in [1.54, 1.807) is 24.3 Å². The van der Waals surface area contributed by atoms with Crippen LogP contribution in [0.15, 0.2) is 41.3 Å². The number of hydrogen-bond donors (Lipinski definition) is 1. The highest BCUT2D eigenvalue weighted by Gasteiger charge is 2.21. The van der Waals surface area contributed by atoms with Crippen LogP contribution < -0.4 is 14.2 Å². The molecule has 0 saturated carbocycles. The average molecular weight is 360 g/mol. The van der Waals surface area contributed by atoms with Crippen molar-refractivity contribution in [3.05, 3.63) is 46.4 Å². The zero-order chi connectivity index (χ0) is 15.7. The second-order valence-electron chi connectivity index (χ2n) is 4.51. The maximum atomic E-state index is 12.5. The number of nitrogens with one attached hydrogen (secondary N) is 1. The first-order valence-electron chi connectivity index (χ1n) is 6.34. The van der Waals surface area contributed by atoms with Gasteiger partial charge in [-0.15, -0.1) is 0 Å². The standard InChI is InChI=1S/C14H11Cl2NO4S/c15-10-2-1-3-11(16)14(10)17-22(18,19)9-4-5-12-13(8-9)21-7-6-20-12/h1-5,8,17H,6-7H2. The molecule has 5 nitrogen and oxygen atoms in total. The van der Waals surface area contributed by atoms with Gasteiger partial charge in [0.2, 0.25) is 0 Å². The SMILES string of the molecule is O=S(=O)(Nc1c(Cl)cccc1Cl)c1ccc2c(c1)OCCO2. The van der Waals surface area contributed by atoms with Crippen LogP contribution in [0.2, 0.25) is 10.0 Å². The predicted molar refractivity (Wildman–Crippen MR) is 84.7 cm³/mol. The van der Waals surface area contributed by atoms with E-state index >= 15 is 0 Å². The van der Waals surface area contributed by atoms with Crippen molar-refractivity contribution in [3.63, 3.8) is 0 Å². The number of benzene rings is 2. The molecule has 0 aromatic heterocycles. The van der Waals surface area contributed by atoms with E-state index in [1.165, 1.54) is 12.1 Å². The van der Waals surface area contributed by atoms with Crippen molar-refractivity contribution in [1.82, 2.24) is 0 Å². The Labute approximate surface area is 137 Å². The molecule has 0 saturated heterocycles. The molecule has 1 aliphatic rings. The molecule has 0 aliphatic carbocycles. The fourth-order valence-electron chi connectivity index (χ4n) is 1.98. The summed E-state index contributed by atoms with van der Waals surface area (Å²) >= 11 is 12.0. The van der Waals surface area contributed by atoms with Crippen LogP contribution in [0.4, 0.5) is 5.69 Å². The Kier molecular flexibility index (Phi) is 4.08. The lowest BCUT2D eigenvalue weighted by molar-refractivity contribution is 0.171. The first-order valence-corrected chi connectivity index (χ1v) is 8.58. The summed E-state index contributed by atoms with van der Waals surface area (Å²) in [6, 6.07) is 9.12. The number of anilines is 1. The van der Waals surface area contributed by atoms with Crippen molar-refractivity contribution < 1.29 is 17.9 Å². The molecule has 8 heteroatoms. The predicted octanol–water partition coefficient (Wildman–Crippen LogP) is 3.57. The van der Waals surface area contributed by atoms with E-state index in [0.29, 0.717) is 24.7 Å². The molecular weight excluding hydrogens is 349 g/mol. The largest absolute Gasteiger partial charge is 0.486 e. The van der Waals surface area contributed by atoms with E-state index in [4.69, 9.17) is 32.7 Å². The molecule has 0 radical (unpaired) electrons. The van der Waals surface area contributed by atoms with Gasteiger partial charge in [0, 0.05) is 6.07 Å². The highest BCUT2D eigenvalue weighted by Crippen LogP contribution is 2.35. The Morgan fingerprint density at radius 1 is 0.955 bits per heavy atom. The smallest absolute Gasteiger partial charge is 0.262 e. The summed E-state index contributed by atoms with van der Waals surface area (Å²) in [6.45, 7) is 0.812. The average Bonchev–Trinajstić information content (AvgIpc) is 2.50. The summed E-state index contributed by atoms with van der Waals surface area (Å²) in [5.41, 5.74) is 0.140. The van der Waals surface area contributed by atoms with E-state index in [1.807, 2.05) is 0 Å². The maximum Gasteiger partial charge on any atom is 0.262 e. The molecule has 0 atom stereocenters. The van der Waals surface area contributed by atoms with E-state index in [2.05, 4.69) is 4.72 Å². The molecule has 1 heterocycles. The van der Waals surface area contributed by atoms with Gasteiger partial charge in [-0.25, -0.2) is 8.42 Å². The minimum Gasteiger partial charge on any atom is -0.486 e. The highest BCUT2D eigenvalue weighted by molar-refractivity contribution is 7.92. The van der Waals surface area contributed by atoms with Gasteiger partial charge in [0.25, 0.3) is 10.0 Å². The van der Waals surface area contributed by atoms with Crippen LogP contribution in [0.3, 0.4) is 0 Å². The van der Waals surface area contributed by atoms with Crippen LogP contribution in [0, 0.1) is 0 Å². The zero-order valence-electron chi connectivity index (χ0n) is 11.2. The second kappa shape index (κ2) is 5.87. The number of fused-ring (bicyclic) bond motifs is 1. The minimum absolute atomic E-state index is 0.0349. The molecule has 1 N–H and O–H groups in total. The summed E-state index contributed by atoms with van der Waals surface area (Å²) in [7, 11) is -3.85.